The van der Waals surface area contributed by atoms with Gasteiger partial charge in [0.2, 0.25) is 0 Å². The maximum Gasteiger partial charge on any atom is 0.125 e. The third-order valence-electron chi connectivity index (χ3n) is 3.94. The van der Waals surface area contributed by atoms with E-state index in [2.05, 4.69) is 12.2 Å². The number of hydrogen-bond acceptors (Lipinski definition) is 1. The molecule has 0 aromatic heterocycles. The van der Waals surface area contributed by atoms with Gasteiger partial charge in [-0.25, -0.2) is 4.39 Å². The number of halogens is 2. The third-order valence-corrected chi connectivity index (χ3v) is 4.16. The average molecular weight is 270 g/mol. The van der Waals surface area contributed by atoms with Crippen LogP contribution in [0.25, 0.3) is 0 Å². The topological polar surface area (TPSA) is 12.0 Å². The molecule has 1 aliphatic rings. The van der Waals surface area contributed by atoms with Crippen LogP contribution in [0.15, 0.2) is 18.2 Å². The number of rotatable bonds is 4. The Morgan fingerprint density at radius 3 is 2.56 bits per heavy atom. The van der Waals surface area contributed by atoms with Crippen LogP contribution in [0.1, 0.15) is 44.6 Å². The van der Waals surface area contributed by atoms with Crippen molar-refractivity contribution in [2.75, 3.05) is 0 Å². The lowest BCUT2D eigenvalue weighted by atomic mass is 9.84. The zero-order valence-electron chi connectivity index (χ0n) is 10.9. The van der Waals surface area contributed by atoms with Crippen molar-refractivity contribution in [3.8, 4) is 0 Å². The van der Waals surface area contributed by atoms with E-state index in [0.29, 0.717) is 17.6 Å². The summed E-state index contributed by atoms with van der Waals surface area (Å²) in [6.07, 6.45) is 6.41. The maximum atomic E-state index is 13.2. The van der Waals surface area contributed by atoms with Crippen molar-refractivity contribution in [1.29, 1.82) is 0 Å². The predicted molar refractivity (Wildman–Crippen MR) is 74.3 cm³/mol. The molecular weight excluding hydrogens is 249 g/mol. The summed E-state index contributed by atoms with van der Waals surface area (Å²) in [7, 11) is 0. The molecule has 1 saturated carbocycles. The van der Waals surface area contributed by atoms with Crippen LogP contribution in [-0.2, 0) is 6.54 Å². The van der Waals surface area contributed by atoms with Gasteiger partial charge < -0.3 is 5.32 Å². The summed E-state index contributed by atoms with van der Waals surface area (Å²) in [4.78, 5) is 0. The first-order chi connectivity index (χ1) is 8.67. The molecule has 0 aliphatic heterocycles. The predicted octanol–water partition coefficient (Wildman–Crippen LogP) is 4.54. The monoisotopic (exact) mass is 269 g/mol. The van der Waals surface area contributed by atoms with Crippen LogP contribution in [0.2, 0.25) is 5.02 Å². The molecule has 1 nitrogen and oxygen atoms in total. The van der Waals surface area contributed by atoms with Gasteiger partial charge in [0.25, 0.3) is 0 Å². The minimum Gasteiger partial charge on any atom is -0.310 e. The fourth-order valence-electron chi connectivity index (χ4n) is 2.75. The van der Waals surface area contributed by atoms with E-state index < -0.39 is 0 Å². The molecule has 3 heteroatoms. The molecule has 1 N–H and O–H groups in total. The normalized spacial score (nSPS) is 24.2. The first-order valence-corrected chi connectivity index (χ1v) is 7.23. The third kappa shape index (κ3) is 3.96. The highest BCUT2D eigenvalue weighted by atomic mass is 35.5. The molecule has 18 heavy (non-hydrogen) atoms. The molecule has 1 aromatic rings. The SMILES string of the molecule is CCC1CCC(NCc2cc(F)cc(Cl)c2)CC1. The molecule has 0 radical (unpaired) electrons. The number of hydrogen-bond donors (Lipinski definition) is 1. The fourth-order valence-corrected chi connectivity index (χ4v) is 2.99. The van der Waals surface area contributed by atoms with Gasteiger partial charge in [-0.15, -0.1) is 0 Å². The van der Waals surface area contributed by atoms with Crippen LogP contribution in [0.4, 0.5) is 4.39 Å². The van der Waals surface area contributed by atoms with Gasteiger partial charge in [0, 0.05) is 17.6 Å². The quantitative estimate of drug-likeness (QED) is 0.846. The largest absolute Gasteiger partial charge is 0.310 e. The summed E-state index contributed by atoms with van der Waals surface area (Å²) in [5, 5.41) is 3.99. The van der Waals surface area contributed by atoms with Gasteiger partial charge in [-0.2, -0.15) is 0 Å². The first kappa shape index (κ1) is 13.8. The van der Waals surface area contributed by atoms with Crippen molar-refractivity contribution in [3.63, 3.8) is 0 Å². The molecular formula is C15H21ClFN. The van der Waals surface area contributed by atoms with Crippen molar-refractivity contribution in [1.82, 2.24) is 5.32 Å². The fraction of sp³-hybridized carbons (Fsp3) is 0.600. The highest BCUT2D eigenvalue weighted by molar-refractivity contribution is 6.30. The Morgan fingerprint density at radius 1 is 1.22 bits per heavy atom. The molecule has 1 fully saturated rings. The molecule has 0 atom stereocenters. The zero-order chi connectivity index (χ0) is 13.0. The summed E-state index contributed by atoms with van der Waals surface area (Å²) in [5.74, 6) is 0.653. The van der Waals surface area contributed by atoms with E-state index in [-0.39, 0.29) is 5.82 Å². The van der Waals surface area contributed by atoms with E-state index in [4.69, 9.17) is 11.6 Å². The van der Waals surface area contributed by atoms with Gasteiger partial charge in [-0.05, 0) is 55.4 Å². The second-order valence-electron chi connectivity index (χ2n) is 5.28. The van der Waals surface area contributed by atoms with E-state index in [9.17, 15) is 4.39 Å². The van der Waals surface area contributed by atoms with Crippen molar-refractivity contribution in [2.45, 2.75) is 51.6 Å². The first-order valence-electron chi connectivity index (χ1n) is 6.85. The summed E-state index contributed by atoms with van der Waals surface area (Å²) in [5.41, 5.74) is 0.928. The Labute approximate surface area is 114 Å². The standard InChI is InChI=1S/C15H21ClFN/c1-2-11-3-5-15(6-4-11)18-10-12-7-13(16)9-14(17)8-12/h7-9,11,15,18H,2-6,10H2,1H3. The van der Waals surface area contributed by atoms with Crippen LogP contribution >= 0.6 is 11.6 Å². The molecule has 2 rings (SSSR count). The Balaban J connectivity index is 1.81. The lowest BCUT2D eigenvalue weighted by molar-refractivity contribution is 0.285. The Morgan fingerprint density at radius 2 is 1.94 bits per heavy atom. The van der Waals surface area contributed by atoms with Crippen molar-refractivity contribution in [2.24, 2.45) is 5.92 Å². The van der Waals surface area contributed by atoms with Crippen LogP contribution in [0.5, 0.6) is 0 Å². The highest BCUT2D eigenvalue weighted by Crippen LogP contribution is 2.26. The lowest BCUT2D eigenvalue weighted by Crippen LogP contribution is -2.32. The Bertz CT molecular complexity index is 366. The lowest BCUT2D eigenvalue weighted by Gasteiger charge is -2.28. The van der Waals surface area contributed by atoms with Gasteiger partial charge in [-0.3, -0.25) is 0 Å². The molecule has 0 unspecified atom stereocenters. The van der Waals surface area contributed by atoms with Gasteiger partial charge >= 0.3 is 0 Å². The summed E-state index contributed by atoms with van der Waals surface area (Å²) >= 11 is 5.84. The van der Waals surface area contributed by atoms with Gasteiger partial charge in [0.15, 0.2) is 0 Å². The van der Waals surface area contributed by atoms with Crippen molar-refractivity contribution >= 4 is 11.6 Å². The van der Waals surface area contributed by atoms with E-state index in [1.807, 2.05) is 6.07 Å². The minimum absolute atomic E-state index is 0.256. The van der Waals surface area contributed by atoms with E-state index >= 15 is 0 Å². The summed E-state index contributed by atoms with van der Waals surface area (Å²) in [6.45, 7) is 2.98. The van der Waals surface area contributed by atoms with Gasteiger partial charge in [-0.1, -0.05) is 24.9 Å². The molecule has 1 aromatic carbocycles. The Hall–Kier alpha value is -0.600. The molecule has 0 spiro atoms. The number of benzene rings is 1. The van der Waals surface area contributed by atoms with Crippen LogP contribution in [0.3, 0.4) is 0 Å². The van der Waals surface area contributed by atoms with Crippen LogP contribution in [-0.4, -0.2) is 6.04 Å². The van der Waals surface area contributed by atoms with Crippen molar-refractivity contribution in [3.05, 3.63) is 34.6 Å². The molecule has 1 aliphatic carbocycles. The molecule has 100 valence electrons. The Kier molecular flexibility index (Phi) is 5.02. The van der Waals surface area contributed by atoms with Crippen molar-refractivity contribution < 1.29 is 4.39 Å². The molecule has 0 amide bonds. The maximum absolute atomic E-state index is 13.2. The second-order valence-corrected chi connectivity index (χ2v) is 5.72. The van der Waals surface area contributed by atoms with Crippen LogP contribution < -0.4 is 5.32 Å². The highest BCUT2D eigenvalue weighted by Gasteiger charge is 2.19. The van der Waals surface area contributed by atoms with E-state index in [0.717, 1.165) is 11.5 Å². The molecule has 0 bridgehead atoms. The second kappa shape index (κ2) is 6.53. The average Bonchev–Trinajstić information content (AvgIpc) is 2.36. The van der Waals surface area contributed by atoms with E-state index in [1.54, 1.807) is 6.07 Å². The van der Waals surface area contributed by atoms with Gasteiger partial charge in [0.1, 0.15) is 5.82 Å². The smallest absolute Gasteiger partial charge is 0.125 e. The molecule has 0 saturated heterocycles. The number of nitrogens with one attached hydrogen (secondary N) is 1. The minimum atomic E-state index is -0.256. The molecule has 0 heterocycles. The summed E-state index contributed by atoms with van der Waals surface area (Å²) in [6, 6.07) is 5.30. The van der Waals surface area contributed by atoms with Gasteiger partial charge in [0.05, 0.1) is 0 Å². The van der Waals surface area contributed by atoms with E-state index in [1.165, 1.54) is 38.2 Å². The zero-order valence-corrected chi connectivity index (χ0v) is 11.6. The summed E-state index contributed by atoms with van der Waals surface area (Å²) < 4.78 is 13.2. The van der Waals surface area contributed by atoms with Crippen LogP contribution in [0, 0.1) is 11.7 Å².